The van der Waals surface area contributed by atoms with Crippen molar-refractivity contribution in [2.45, 2.75) is 29.7 Å². The third-order valence-electron chi connectivity index (χ3n) is 2.43. The number of hydrogen-bond donors (Lipinski definition) is 6. The third-order valence-corrected chi connectivity index (χ3v) is 3.72. The molecule has 0 aliphatic heterocycles. The van der Waals surface area contributed by atoms with E-state index < -0.39 is 52.2 Å². The van der Waals surface area contributed by atoms with Gasteiger partial charge in [-0.25, -0.2) is 0 Å². The fourth-order valence-corrected chi connectivity index (χ4v) is 2.19. The second kappa shape index (κ2) is 6.52. The number of carbonyl (C=O) groups is 1. The molecule has 0 saturated carbocycles. The molecule has 0 radical (unpaired) electrons. The van der Waals surface area contributed by atoms with Crippen molar-refractivity contribution >= 4 is 15.9 Å². The smallest absolute Gasteiger partial charge is 0.301 e. The Morgan fingerprint density at radius 3 is 2.11 bits per heavy atom. The summed E-state index contributed by atoms with van der Waals surface area (Å²) in [6.45, 7) is 1.97. The maximum Gasteiger partial charge on any atom is 0.301 e. The summed E-state index contributed by atoms with van der Waals surface area (Å²) < 4.78 is 31.0. The highest BCUT2D eigenvalue weighted by Crippen LogP contribution is 2.26. The van der Waals surface area contributed by atoms with Crippen molar-refractivity contribution in [3.63, 3.8) is 0 Å². The van der Waals surface area contributed by atoms with E-state index in [1.165, 1.54) is 0 Å². The summed E-state index contributed by atoms with van der Waals surface area (Å²) in [5, 5.41) is 46.3. The molecule has 0 saturated heterocycles. The van der Waals surface area contributed by atoms with Crippen molar-refractivity contribution in [1.82, 2.24) is 0 Å². The maximum atomic E-state index is 11.3. The minimum atomic E-state index is -5.55. The summed E-state index contributed by atoms with van der Waals surface area (Å²) in [5.41, 5.74) is 0. The van der Waals surface area contributed by atoms with E-state index in [-0.39, 0.29) is 0 Å². The number of allylic oxidation sites excluding steroid dienone is 1. The second-order valence-corrected chi connectivity index (χ2v) is 5.39. The average Bonchev–Trinajstić information content (AvgIpc) is 2.33. The minimum absolute atomic E-state index is 0.555. The van der Waals surface area contributed by atoms with Crippen LogP contribution in [-0.2, 0) is 14.9 Å². The van der Waals surface area contributed by atoms with E-state index in [0.29, 0.717) is 0 Å². The van der Waals surface area contributed by atoms with Crippen LogP contribution < -0.4 is 0 Å². The van der Waals surface area contributed by atoms with Gasteiger partial charge in [0.1, 0.15) is 12.2 Å². The van der Waals surface area contributed by atoms with Gasteiger partial charge in [0.2, 0.25) is 0 Å². The molecule has 0 unspecified atom stereocenters. The molecule has 0 aliphatic rings. The van der Waals surface area contributed by atoms with Gasteiger partial charge in [0, 0.05) is 6.42 Å². The fraction of sp³-hybridized carbons (Fsp3) is 0.667. The zero-order valence-corrected chi connectivity index (χ0v) is 10.6. The van der Waals surface area contributed by atoms with Crippen LogP contribution in [0, 0.1) is 0 Å². The Hall–Kier alpha value is -0.880. The first-order valence-electron chi connectivity index (χ1n) is 5.02. The van der Waals surface area contributed by atoms with Crippen molar-refractivity contribution < 1.29 is 43.3 Å². The van der Waals surface area contributed by atoms with Crippen molar-refractivity contribution in [3.05, 3.63) is 12.7 Å². The van der Waals surface area contributed by atoms with Crippen LogP contribution in [0.5, 0.6) is 0 Å². The summed E-state index contributed by atoms with van der Waals surface area (Å²) in [6.07, 6.45) is -7.22. The molecule has 0 amide bonds. The summed E-state index contributed by atoms with van der Waals surface area (Å²) in [7, 11) is -5.55. The molecule has 19 heavy (non-hydrogen) atoms. The summed E-state index contributed by atoms with van der Waals surface area (Å²) in [4.78, 5) is 7.57. The molecule has 0 aromatic heterocycles. The van der Waals surface area contributed by atoms with Gasteiger partial charge in [-0.15, -0.1) is 6.58 Å². The zero-order chi connectivity index (χ0) is 15.4. The van der Waals surface area contributed by atoms with E-state index in [1.807, 2.05) is 0 Å². The lowest BCUT2D eigenvalue weighted by Gasteiger charge is -2.34. The lowest BCUT2D eigenvalue weighted by molar-refractivity contribution is -0.158. The molecular weight excluding hydrogens is 284 g/mol. The van der Waals surface area contributed by atoms with E-state index in [2.05, 4.69) is 6.58 Å². The van der Waals surface area contributed by atoms with Gasteiger partial charge in [-0.1, -0.05) is 6.08 Å². The van der Waals surface area contributed by atoms with E-state index in [0.717, 1.165) is 6.08 Å². The molecule has 0 rings (SSSR count). The minimum Gasteiger partial charge on any atom is -0.394 e. The molecule has 10 heteroatoms. The highest BCUT2D eigenvalue weighted by atomic mass is 32.2. The van der Waals surface area contributed by atoms with E-state index in [4.69, 9.17) is 14.8 Å². The largest absolute Gasteiger partial charge is 0.394 e. The average molecular weight is 300 g/mol. The maximum absolute atomic E-state index is 11.3. The number of rotatable bonds is 8. The van der Waals surface area contributed by atoms with Gasteiger partial charge in [0.05, 0.1) is 6.61 Å². The quantitative estimate of drug-likeness (QED) is 0.199. The van der Waals surface area contributed by atoms with Gasteiger partial charge in [0.15, 0.2) is 11.9 Å². The van der Waals surface area contributed by atoms with Crippen molar-refractivity contribution in [2.24, 2.45) is 0 Å². The first kappa shape index (κ1) is 18.1. The Morgan fingerprint density at radius 1 is 1.32 bits per heavy atom. The van der Waals surface area contributed by atoms with Crippen LogP contribution in [0.15, 0.2) is 12.7 Å². The number of aliphatic hydroxyl groups is 5. The molecule has 0 heterocycles. The Labute approximate surface area is 109 Å². The Kier molecular flexibility index (Phi) is 6.22. The van der Waals surface area contributed by atoms with E-state index in [9.17, 15) is 28.5 Å². The number of aliphatic hydroxyl groups excluding tert-OH is 4. The van der Waals surface area contributed by atoms with Crippen molar-refractivity contribution in [1.29, 1.82) is 0 Å². The first-order chi connectivity index (χ1) is 8.53. The SMILES string of the molecule is C=CCC(=O)[C@H](O)[C@@](O)([C@@H](O)[C@H](O)CO)S(=O)(=O)O. The van der Waals surface area contributed by atoms with Gasteiger partial charge in [0.25, 0.3) is 4.93 Å². The summed E-state index contributed by atoms with van der Waals surface area (Å²) in [6, 6.07) is 0. The van der Waals surface area contributed by atoms with E-state index in [1.54, 1.807) is 0 Å². The lowest BCUT2D eigenvalue weighted by Crippen LogP contribution is -2.64. The zero-order valence-electron chi connectivity index (χ0n) is 9.75. The first-order valence-corrected chi connectivity index (χ1v) is 6.46. The predicted molar refractivity (Wildman–Crippen MR) is 61.4 cm³/mol. The Balaban J connectivity index is 5.68. The lowest BCUT2D eigenvalue weighted by atomic mass is 9.98. The molecule has 0 spiro atoms. The molecule has 112 valence electrons. The normalized spacial score (nSPS) is 20.1. The van der Waals surface area contributed by atoms with Crippen LogP contribution in [-0.4, -0.2) is 74.1 Å². The predicted octanol–water partition coefficient (Wildman–Crippen LogP) is -3.22. The molecule has 6 N–H and O–H groups in total. The van der Waals surface area contributed by atoms with Crippen LogP contribution in [0.3, 0.4) is 0 Å². The standard InChI is InChI=1S/C9H16O9S/c1-2-3-5(11)7(13)9(15,19(16,17)18)8(14)6(12)4-10/h2,6-8,10,12-15H,1,3-4H2,(H,16,17,18)/t6-,7+,8+,9+/m1/s1. The van der Waals surface area contributed by atoms with Crippen LogP contribution in [0.1, 0.15) is 6.42 Å². The van der Waals surface area contributed by atoms with E-state index >= 15 is 0 Å². The summed E-state index contributed by atoms with van der Waals surface area (Å²) in [5.74, 6) is -1.26. The topological polar surface area (TPSA) is 173 Å². The molecule has 0 bridgehead atoms. The van der Waals surface area contributed by atoms with Gasteiger partial charge in [-0.3, -0.25) is 9.35 Å². The van der Waals surface area contributed by atoms with Crippen LogP contribution in [0.25, 0.3) is 0 Å². The Morgan fingerprint density at radius 2 is 1.79 bits per heavy atom. The molecule has 0 fully saturated rings. The second-order valence-electron chi connectivity index (χ2n) is 3.78. The van der Waals surface area contributed by atoms with Crippen LogP contribution in [0.4, 0.5) is 0 Å². The monoisotopic (exact) mass is 300 g/mol. The molecule has 9 nitrogen and oxygen atoms in total. The number of hydrogen-bond acceptors (Lipinski definition) is 8. The van der Waals surface area contributed by atoms with Gasteiger partial charge < -0.3 is 25.5 Å². The fourth-order valence-electron chi connectivity index (χ4n) is 1.32. The number of Topliss-reactive ketones (excluding diaryl/α,β-unsaturated/α-hetero) is 1. The van der Waals surface area contributed by atoms with Gasteiger partial charge in [-0.2, -0.15) is 8.42 Å². The number of ketones is 1. The molecule has 0 aromatic carbocycles. The molecular formula is C9H16O9S. The highest BCUT2D eigenvalue weighted by molar-refractivity contribution is 7.87. The van der Waals surface area contributed by atoms with Crippen LogP contribution >= 0.6 is 0 Å². The molecule has 0 aliphatic carbocycles. The Bertz CT molecular complexity index is 431. The van der Waals surface area contributed by atoms with Crippen LogP contribution in [0.2, 0.25) is 0 Å². The molecule has 4 atom stereocenters. The van der Waals surface area contributed by atoms with Gasteiger partial charge in [-0.05, 0) is 0 Å². The summed E-state index contributed by atoms with van der Waals surface area (Å²) >= 11 is 0. The van der Waals surface area contributed by atoms with Gasteiger partial charge >= 0.3 is 10.1 Å². The van der Waals surface area contributed by atoms with Crippen molar-refractivity contribution in [3.8, 4) is 0 Å². The molecule has 0 aromatic rings. The third kappa shape index (κ3) is 3.57. The highest BCUT2D eigenvalue weighted by Gasteiger charge is 2.58. The number of carbonyl (C=O) groups excluding carboxylic acids is 1. The van der Waals surface area contributed by atoms with Crippen molar-refractivity contribution in [2.75, 3.05) is 6.61 Å².